The molecule has 5 heteroatoms. The minimum Gasteiger partial charge on any atom is -0.483 e. The summed E-state index contributed by atoms with van der Waals surface area (Å²) in [5, 5.41) is 0. The third-order valence-corrected chi connectivity index (χ3v) is 4.62. The van der Waals surface area contributed by atoms with E-state index in [2.05, 4.69) is 17.0 Å². The highest BCUT2D eigenvalue weighted by Gasteiger charge is 2.22. The van der Waals surface area contributed by atoms with Crippen LogP contribution < -0.4 is 9.64 Å². The number of piperazine rings is 1. The van der Waals surface area contributed by atoms with E-state index in [0.717, 1.165) is 18.7 Å². The summed E-state index contributed by atoms with van der Waals surface area (Å²) < 4.78 is 5.65. The fraction of sp³-hybridized carbons (Fsp3) is 0.333. The smallest absolute Gasteiger partial charge is 0.260 e. The van der Waals surface area contributed by atoms with Crippen LogP contribution in [0.3, 0.4) is 0 Å². The largest absolute Gasteiger partial charge is 0.483 e. The predicted octanol–water partition coefficient (Wildman–Crippen LogP) is 2.93. The standard InChI is InChI=1S/C21H24N2O3/c1-16-8-9-20(19(14-16)17(2)24)26-15-21(25)23-12-10-22(11-13-23)18-6-4-3-5-7-18/h3-9,14H,10-13,15H2,1-2H3. The summed E-state index contributed by atoms with van der Waals surface area (Å²) >= 11 is 0. The zero-order valence-corrected chi connectivity index (χ0v) is 15.3. The van der Waals surface area contributed by atoms with Crippen molar-refractivity contribution in [3.05, 3.63) is 59.7 Å². The van der Waals surface area contributed by atoms with Crippen molar-refractivity contribution in [1.82, 2.24) is 4.90 Å². The number of rotatable bonds is 5. The second-order valence-corrected chi connectivity index (χ2v) is 6.55. The number of ether oxygens (including phenoxy) is 1. The Balaban J connectivity index is 1.55. The van der Waals surface area contributed by atoms with Gasteiger partial charge in [0.15, 0.2) is 12.4 Å². The second kappa shape index (κ2) is 8.04. The third-order valence-electron chi connectivity index (χ3n) is 4.62. The van der Waals surface area contributed by atoms with Crippen LogP contribution in [-0.2, 0) is 4.79 Å². The van der Waals surface area contributed by atoms with Gasteiger partial charge >= 0.3 is 0 Å². The van der Waals surface area contributed by atoms with Gasteiger partial charge in [0.2, 0.25) is 0 Å². The van der Waals surface area contributed by atoms with Crippen molar-refractivity contribution in [2.24, 2.45) is 0 Å². The van der Waals surface area contributed by atoms with Crippen molar-refractivity contribution in [2.45, 2.75) is 13.8 Å². The Hall–Kier alpha value is -2.82. The molecule has 1 aliphatic rings. The lowest BCUT2D eigenvalue weighted by Gasteiger charge is -2.36. The lowest BCUT2D eigenvalue weighted by molar-refractivity contribution is -0.133. The van der Waals surface area contributed by atoms with Crippen molar-refractivity contribution in [1.29, 1.82) is 0 Å². The number of nitrogens with zero attached hydrogens (tertiary/aromatic N) is 2. The van der Waals surface area contributed by atoms with E-state index in [9.17, 15) is 9.59 Å². The van der Waals surface area contributed by atoms with E-state index in [-0.39, 0.29) is 18.3 Å². The lowest BCUT2D eigenvalue weighted by atomic mass is 10.1. The molecule has 0 radical (unpaired) electrons. The molecule has 1 aliphatic heterocycles. The monoisotopic (exact) mass is 352 g/mol. The summed E-state index contributed by atoms with van der Waals surface area (Å²) in [7, 11) is 0. The normalized spacial score (nSPS) is 14.2. The first-order chi connectivity index (χ1) is 12.5. The van der Waals surface area contributed by atoms with E-state index < -0.39 is 0 Å². The fourth-order valence-electron chi connectivity index (χ4n) is 3.13. The number of anilines is 1. The van der Waals surface area contributed by atoms with Gasteiger partial charge in [-0.25, -0.2) is 0 Å². The minimum absolute atomic E-state index is 0.0469. The number of carbonyl (C=O) groups excluding carboxylic acids is 2. The molecule has 0 aliphatic carbocycles. The fourth-order valence-corrected chi connectivity index (χ4v) is 3.13. The molecule has 0 bridgehead atoms. The van der Waals surface area contributed by atoms with Crippen molar-refractivity contribution in [3.8, 4) is 5.75 Å². The summed E-state index contributed by atoms with van der Waals surface area (Å²) in [4.78, 5) is 28.3. The molecule has 3 rings (SSSR count). The minimum atomic E-state index is -0.0624. The Kier molecular flexibility index (Phi) is 5.56. The van der Waals surface area contributed by atoms with Crippen molar-refractivity contribution < 1.29 is 14.3 Å². The highest BCUT2D eigenvalue weighted by atomic mass is 16.5. The molecular formula is C21H24N2O3. The van der Waals surface area contributed by atoms with Gasteiger partial charge in [-0.2, -0.15) is 0 Å². The SMILES string of the molecule is CC(=O)c1cc(C)ccc1OCC(=O)N1CCN(c2ccccc2)CC1. The average molecular weight is 352 g/mol. The van der Waals surface area contributed by atoms with Gasteiger partial charge in [0.25, 0.3) is 5.91 Å². The number of benzene rings is 2. The van der Waals surface area contributed by atoms with E-state index in [0.29, 0.717) is 24.4 Å². The van der Waals surface area contributed by atoms with Crippen LogP contribution in [0.2, 0.25) is 0 Å². The van der Waals surface area contributed by atoms with E-state index in [1.807, 2.05) is 36.1 Å². The van der Waals surface area contributed by atoms with Crippen LogP contribution in [-0.4, -0.2) is 49.4 Å². The van der Waals surface area contributed by atoms with Gasteiger partial charge in [-0.1, -0.05) is 29.8 Å². The van der Waals surface area contributed by atoms with Crippen molar-refractivity contribution in [2.75, 3.05) is 37.7 Å². The topological polar surface area (TPSA) is 49.9 Å². The number of ketones is 1. The van der Waals surface area contributed by atoms with Crippen LogP contribution in [0.15, 0.2) is 48.5 Å². The molecule has 0 N–H and O–H groups in total. The molecule has 1 saturated heterocycles. The first-order valence-corrected chi connectivity index (χ1v) is 8.87. The summed E-state index contributed by atoms with van der Waals surface area (Å²) in [6.45, 7) is 6.33. The quantitative estimate of drug-likeness (QED) is 0.777. The first kappa shape index (κ1) is 18.0. The van der Waals surface area contributed by atoms with Gasteiger partial charge in [0.1, 0.15) is 5.75 Å². The van der Waals surface area contributed by atoms with Crippen LogP contribution in [0.4, 0.5) is 5.69 Å². The summed E-state index contributed by atoms with van der Waals surface area (Å²) in [5.41, 5.74) is 2.69. The molecule has 0 aromatic heterocycles. The summed E-state index contributed by atoms with van der Waals surface area (Å²) in [6, 6.07) is 15.6. The van der Waals surface area contributed by atoms with Crippen LogP contribution >= 0.6 is 0 Å². The van der Waals surface area contributed by atoms with Gasteiger partial charge in [-0.05, 0) is 38.1 Å². The van der Waals surface area contributed by atoms with Crippen LogP contribution in [0.25, 0.3) is 0 Å². The van der Waals surface area contributed by atoms with E-state index in [1.54, 1.807) is 12.1 Å². The van der Waals surface area contributed by atoms with E-state index in [4.69, 9.17) is 4.74 Å². The average Bonchev–Trinajstić information content (AvgIpc) is 2.67. The van der Waals surface area contributed by atoms with Crippen molar-refractivity contribution >= 4 is 17.4 Å². The maximum atomic E-state index is 12.5. The first-order valence-electron chi connectivity index (χ1n) is 8.87. The predicted molar refractivity (Wildman–Crippen MR) is 102 cm³/mol. The third kappa shape index (κ3) is 4.23. The second-order valence-electron chi connectivity index (χ2n) is 6.55. The zero-order chi connectivity index (χ0) is 18.5. The number of hydrogen-bond acceptors (Lipinski definition) is 4. The molecule has 2 aromatic carbocycles. The molecule has 0 unspecified atom stereocenters. The molecular weight excluding hydrogens is 328 g/mol. The van der Waals surface area contributed by atoms with Gasteiger partial charge in [0.05, 0.1) is 5.56 Å². The van der Waals surface area contributed by atoms with E-state index in [1.165, 1.54) is 12.6 Å². The molecule has 2 aromatic rings. The molecule has 0 atom stereocenters. The van der Waals surface area contributed by atoms with Gasteiger partial charge in [-0.3, -0.25) is 9.59 Å². The Labute approximate surface area is 154 Å². The molecule has 0 spiro atoms. The summed E-state index contributed by atoms with van der Waals surface area (Å²) in [6.07, 6.45) is 0. The number of Topliss-reactive ketones (excluding diaryl/α,β-unsaturated/α-hetero) is 1. The molecule has 26 heavy (non-hydrogen) atoms. The lowest BCUT2D eigenvalue weighted by Crippen LogP contribution is -2.50. The van der Waals surface area contributed by atoms with Gasteiger partial charge in [-0.15, -0.1) is 0 Å². The Morgan fingerprint density at radius 3 is 2.35 bits per heavy atom. The number of carbonyl (C=O) groups is 2. The maximum Gasteiger partial charge on any atom is 0.260 e. The van der Waals surface area contributed by atoms with Crippen LogP contribution in [0, 0.1) is 6.92 Å². The molecule has 136 valence electrons. The number of hydrogen-bond donors (Lipinski definition) is 0. The molecule has 0 saturated carbocycles. The highest BCUT2D eigenvalue weighted by Crippen LogP contribution is 2.21. The number of para-hydroxylation sites is 1. The van der Waals surface area contributed by atoms with Crippen molar-refractivity contribution in [3.63, 3.8) is 0 Å². The molecule has 1 heterocycles. The van der Waals surface area contributed by atoms with Gasteiger partial charge in [0, 0.05) is 31.9 Å². The number of aryl methyl sites for hydroxylation is 1. The maximum absolute atomic E-state index is 12.5. The number of amides is 1. The Morgan fingerprint density at radius 1 is 1.00 bits per heavy atom. The van der Waals surface area contributed by atoms with E-state index >= 15 is 0 Å². The van der Waals surface area contributed by atoms with Crippen LogP contribution in [0.5, 0.6) is 5.75 Å². The summed E-state index contributed by atoms with van der Waals surface area (Å²) in [5.74, 6) is 0.361. The highest BCUT2D eigenvalue weighted by molar-refractivity contribution is 5.97. The molecule has 1 amide bonds. The molecule has 1 fully saturated rings. The zero-order valence-electron chi connectivity index (χ0n) is 15.3. The molecule has 5 nitrogen and oxygen atoms in total. The Morgan fingerprint density at radius 2 is 1.69 bits per heavy atom. The van der Waals surface area contributed by atoms with Gasteiger partial charge < -0.3 is 14.5 Å². The van der Waals surface area contributed by atoms with Crippen LogP contribution in [0.1, 0.15) is 22.8 Å². The Bertz CT molecular complexity index is 781.